The van der Waals surface area contributed by atoms with Crippen LogP contribution in [0, 0.1) is 6.92 Å². The Labute approximate surface area is 126 Å². The molecule has 2 N–H and O–H groups in total. The fourth-order valence-electron chi connectivity index (χ4n) is 2.01. The van der Waals surface area contributed by atoms with E-state index in [-0.39, 0.29) is 11.0 Å². The number of anilines is 1. The summed E-state index contributed by atoms with van der Waals surface area (Å²) in [6, 6.07) is 0. The van der Waals surface area contributed by atoms with Gasteiger partial charge in [-0.2, -0.15) is 0 Å². The number of carbonyl (C=O) groups is 1. The fraction of sp³-hybridized carbons (Fsp3) is 0.583. The number of carboxylic acid groups (broad SMARTS) is 1. The normalized spacial score (nSPS) is 15.9. The summed E-state index contributed by atoms with van der Waals surface area (Å²) in [6.45, 7) is 4.36. The van der Waals surface area contributed by atoms with Gasteiger partial charge in [-0.1, -0.05) is 11.6 Å². The van der Waals surface area contributed by atoms with Crippen LogP contribution in [0.2, 0.25) is 5.15 Å². The molecule has 9 heteroatoms. The molecule has 8 nitrogen and oxygen atoms in total. The van der Waals surface area contributed by atoms with Gasteiger partial charge in [-0.3, -0.25) is 19.1 Å². The molecule has 1 aromatic heterocycles. The van der Waals surface area contributed by atoms with Crippen molar-refractivity contribution in [1.29, 1.82) is 0 Å². The zero-order valence-corrected chi connectivity index (χ0v) is 12.4. The number of aliphatic carboxylic acids is 1. The fourth-order valence-corrected chi connectivity index (χ4v) is 2.19. The molecule has 116 valence electrons. The van der Waals surface area contributed by atoms with Crippen molar-refractivity contribution >= 4 is 23.4 Å². The summed E-state index contributed by atoms with van der Waals surface area (Å²) in [5, 5.41) is 11.9. The maximum atomic E-state index is 12.2. The van der Waals surface area contributed by atoms with Crippen LogP contribution in [0.5, 0.6) is 0 Å². The van der Waals surface area contributed by atoms with E-state index in [1.54, 1.807) is 6.92 Å². The number of rotatable bonds is 5. The predicted octanol–water partition coefficient (Wildman–Crippen LogP) is -0.00868. The van der Waals surface area contributed by atoms with Gasteiger partial charge in [-0.25, -0.2) is 4.98 Å². The number of hydrogen-bond acceptors (Lipinski definition) is 6. The second kappa shape index (κ2) is 6.88. The molecule has 1 fully saturated rings. The van der Waals surface area contributed by atoms with Gasteiger partial charge >= 0.3 is 5.97 Å². The average molecular weight is 317 g/mol. The van der Waals surface area contributed by atoms with E-state index in [9.17, 15) is 9.59 Å². The lowest BCUT2D eigenvalue weighted by molar-refractivity contribution is -0.137. The number of nitrogens with zero attached hydrogens (tertiary/aromatic N) is 3. The molecule has 1 saturated heterocycles. The predicted molar refractivity (Wildman–Crippen MR) is 76.8 cm³/mol. The molecule has 0 atom stereocenters. The highest BCUT2D eigenvalue weighted by Gasteiger charge is 2.16. The summed E-state index contributed by atoms with van der Waals surface area (Å²) in [5.74, 6) is -1.06. The first kappa shape index (κ1) is 15.7. The number of hydrogen-bond donors (Lipinski definition) is 2. The number of aromatic nitrogens is 2. The Kier molecular flexibility index (Phi) is 5.16. The third-order valence-corrected chi connectivity index (χ3v) is 3.59. The Bertz CT molecular complexity index is 583. The van der Waals surface area contributed by atoms with Gasteiger partial charge in [0, 0.05) is 13.1 Å². The van der Waals surface area contributed by atoms with Gasteiger partial charge in [-0.15, -0.1) is 0 Å². The lowest BCUT2D eigenvalue weighted by Crippen LogP contribution is -2.40. The standard InChI is InChI=1S/C12H17ClN4O4/c1-8-10(13)15-11(12(20)17(8)6-9(18)19)14-7-16-2-4-21-5-3-16/h2-7H2,1H3,(H,14,15)(H,18,19). The van der Waals surface area contributed by atoms with E-state index >= 15 is 0 Å². The van der Waals surface area contributed by atoms with Crippen molar-refractivity contribution in [3.05, 3.63) is 21.2 Å². The van der Waals surface area contributed by atoms with E-state index in [1.807, 2.05) is 0 Å². The van der Waals surface area contributed by atoms with E-state index in [4.69, 9.17) is 21.4 Å². The number of ether oxygens (including phenoxy) is 1. The molecule has 0 saturated carbocycles. The Morgan fingerprint density at radius 1 is 1.48 bits per heavy atom. The molecule has 0 aliphatic carbocycles. The maximum absolute atomic E-state index is 12.2. The van der Waals surface area contributed by atoms with Crippen LogP contribution in [-0.4, -0.2) is 58.5 Å². The first-order chi connectivity index (χ1) is 9.99. The van der Waals surface area contributed by atoms with E-state index in [0.29, 0.717) is 25.6 Å². The third-order valence-electron chi connectivity index (χ3n) is 3.23. The van der Waals surface area contributed by atoms with Gasteiger partial charge in [0.05, 0.1) is 25.6 Å². The van der Waals surface area contributed by atoms with Crippen LogP contribution in [0.1, 0.15) is 5.69 Å². The first-order valence-corrected chi connectivity index (χ1v) is 6.89. The summed E-state index contributed by atoms with van der Waals surface area (Å²) >= 11 is 5.96. The smallest absolute Gasteiger partial charge is 0.323 e. The molecular formula is C12H17ClN4O4. The van der Waals surface area contributed by atoms with Crippen LogP contribution >= 0.6 is 11.6 Å². The highest BCUT2D eigenvalue weighted by Crippen LogP contribution is 2.12. The molecule has 0 bridgehead atoms. The number of halogens is 1. The first-order valence-electron chi connectivity index (χ1n) is 6.51. The monoisotopic (exact) mass is 316 g/mol. The second-order valence-corrected chi connectivity index (χ2v) is 5.04. The molecule has 0 aromatic carbocycles. The Hall–Kier alpha value is -1.64. The molecule has 1 aromatic rings. The summed E-state index contributed by atoms with van der Waals surface area (Å²) in [4.78, 5) is 29.1. The second-order valence-electron chi connectivity index (χ2n) is 4.69. The summed E-state index contributed by atoms with van der Waals surface area (Å²) in [7, 11) is 0. The van der Waals surface area contributed by atoms with Gasteiger partial charge in [-0.05, 0) is 6.92 Å². The minimum atomic E-state index is -1.11. The van der Waals surface area contributed by atoms with E-state index in [0.717, 1.165) is 17.7 Å². The van der Waals surface area contributed by atoms with Gasteiger partial charge < -0.3 is 15.2 Å². The van der Waals surface area contributed by atoms with Crippen LogP contribution in [-0.2, 0) is 16.1 Å². The summed E-state index contributed by atoms with van der Waals surface area (Å²) in [6.07, 6.45) is 0. The SMILES string of the molecule is Cc1c(Cl)nc(NCN2CCOCC2)c(=O)n1CC(=O)O. The average Bonchev–Trinajstić information content (AvgIpc) is 2.47. The minimum absolute atomic E-state index is 0.0540. The summed E-state index contributed by atoms with van der Waals surface area (Å²) in [5.41, 5.74) is -0.159. The lowest BCUT2D eigenvalue weighted by Gasteiger charge is -2.26. The van der Waals surface area contributed by atoms with Crippen molar-refractivity contribution in [1.82, 2.24) is 14.5 Å². The molecule has 2 rings (SSSR count). The highest BCUT2D eigenvalue weighted by molar-refractivity contribution is 6.30. The topological polar surface area (TPSA) is 96.7 Å². The molecule has 0 unspecified atom stereocenters. The zero-order valence-electron chi connectivity index (χ0n) is 11.6. The largest absolute Gasteiger partial charge is 0.480 e. The van der Waals surface area contributed by atoms with E-state index < -0.39 is 18.1 Å². The third kappa shape index (κ3) is 3.93. The van der Waals surface area contributed by atoms with Gasteiger partial charge in [0.25, 0.3) is 5.56 Å². The summed E-state index contributed by atoms with van der Waals surface area (Å²) < 4.78 is 6.33. The Balaban J connectivity index is 2.17. The van der Waals surface area contributed by atoms with Crippen molar-refractivity contribution in [3.8, 4) is 0 Å². The van der Waals surface area contributed by atoms with Crippen molar-refractivity contribution in [2.75, 3.05) is 38.3 Å². The number of carboxylic acids is 1. The molecule has 2 heterocycles. The minimum Gasteiger partial charge on any atom is -0.480 e. The lowest BCUT2D eigenvalue weighted by atomic mass is 10.4. The molecular weight excluding hydrogens is 300 g/mol. The molecule has 1 aliphatic heterocycles. The van der Waals surface area contributed by atoms with Crippen molar-refractivity contribution in [2.45, 2.75) is 13.5 Å². The van der Waals surface area contributed by atoms with Gasteiger partial charge in [0.15, 0.2) is 11.0 Å². The molecule has 0 radical (unpaired) electrons. The van der Waals surface area contributed by atoms with Crippen molar-refractivity contribution in [2.24, 2.45) is 0 Å². The molecule has 1 aliphatic rings. The van der Waals surface area contributed by atoms with Gasteiger partial charge in [0.1, 0.15) is 6.54 Å². The highest BCUT2D eigenvalue weighted by atomic mass is 35.5. The zero-order chi connectivity index (χ0) is 15.4. The Morgan fingerprint density at radius 2 is 2.14 bits per heavy atom. The van der Waals surface area contributed by atoms with Gasteiger partial charge in [0.2, 0.25) is 0 Å². The maximum Gasteiger partial charge on any atom is 0.323 e. The quantitative estimate of drug-likeness (QED) is 0.788. The number of nitrogens with one attached hydrogen (secondary N) is 1. The Morgan fingerprint density at radius 3 is 2.76 bits per heavy atom. The van der Waals surface area contributed by atoms with Crippen LogP contribution in [0.3, 0.4) is 0 Å². The number of morpholine rings is 1. The van der Waals surface area contributed by atoms with Crippen LogP contribution in [0.15, 0.2) is 4.79 Å². The van der Waals surface area contributed by atoms with Crippen molar-refractivity contribution in [3.63, 3.8) is 0 Å². The van der Waals surface area contributed by atoms with Crippen LogP contribution in [0.25, 0.3) is 0 Å². The van der Waals surface area contributed by atoms with E-state index in [2.05, 4.69) is 15.2 Å². The molecule has 0 spiro atoms. The molecule has 21 heavy (non-hydrogen) atoms. The molecule has 0 amide bonds. The van der Waals surface area contributed by atoms with Crippen LogP contribution < -0.4 is 10.9 Å². The van der Waals surface area contributed by atoms with Crippen molar-refractivity contribution < 1.29 is 14.6 Å². The van der Waals surface area contributed by atoms with E-state index in [1.165, 1.54) is 0 Å². The van der Waals surface area contributed by atoms with Crippen LogP contribution in [0.4, 0.5) is 5.82 Å².